The van der Waals surface area contributed by atoms with Crippen LogP contribution in [0, 0.1) is 17.2 Å². The Bertz CT molecular complexity index is 685. The van der Waals surface area contributed by atoms with Crippen LogP contribution in [0.5, 0.6) is 11.5 Å². The van der Waals surface area contributed by atoms with E-state index in [4.69, 9.17) is 9.47 Å². The molecule has 6 nitrogen and oxygen atoms in total. The predicted molar refractivity (Wildman–Crippen MR) is 71.1 cm³/mol. The topological polar surface area (TPSA) is 73.0 Å². The van der Waals surface area contributed by atoms with E-state index in [2.05, 4.69) is 30.2 Å². The Balaban J connectivity index is 2.09. The minimum Gasteiger partial charge on any atom is -0.454 e. The Kier molecular flexibility index (Phi) is 3.03. The minimum atomic E-state index is 0.230. The monoisotopic (exact) mass is 270 g/mol. The van der Waals surface area contributed by atoms with Crippen molar-refractivity contribution in [1.29, 1.82) is 5.26 Å². The molecule has 0 fully saturated rings. The summed E-state index contributed by atoms with van der Waals surface area (Å²) in [6, 6.07) is 7.68. The standard InChI is InChI=1S/C14H14N4O2/c1-9(2)7-18-14(11(6-15)16-17-18)10-3-4-12-13(5-10)20-8-19-12/h3-5,9H,7-8H2,1-2H3. The third-order valence-electron chi connectivity index (χ3n) is 3.03. The van der Waals surface area contributed by atoms with Gasteiger partial charge in [0, 0.05) is 12.1 Å². The molecule has 0 atom stereocenters. The highest BCUT2D eigenvalue weighted by Gasteiger charge is 2.19. The molecule has 1 aromatic carbocycles. The molecule has 102 valence electrons. The van der Waals surface area contributed by atoms with Gasteiger partial charge in [-0.1, -0.05) is 19.1 Å². The molecular weight excluding hydrogens is 256 g/mol. The van der Waals surface area contributed by atoms with Crippen LogP contribution in [0.25, 0.3) is 11.3 Å². The second-order valence-corrected chi connectivity index (χ2v) is 5.04. The molecule has 1 aromatic heterocycles. The Labute approximate surface area is 116 Å². The van der Waals surface area contributed by atoms with Gasteiger partial charge in [-0.2, -0.15) is 5.26 Å². The molecule has 3 rings (SSSR count). The molecule has 2 aromatic rings. The van der Waals surface area contributed by atoms with Crippen molar-refractivity contribution in [2.24, 2.45) is 5.92 Å². The number of benzene rings is 1. The molecule has 0 unspecified atom stereocenters. The molecular formula is C14H14N4O2. The number of fused-ring (bicyclic) bond motifs is 1. The largest absolute Gasteiger partial charge is 0.454 e. The molecule has 0 N–H and O–H groups in total. The Morgan fingerprint density at radius 1 is 1.35 bits per heavy atom. The lowest BCUT2D eigenvalue weighted by atomic mass is 10.1. The van der Waals surface area contributed by atoms with Crippen molar-refractivity contribution >= 4 is 0 Å². The van der Waals surface area contributed by atoms with E-state index in [1.165, 1.54) is 0 Å². The van der Waals surface area contributed by atoms with Crippen LogP contribution in [-0.2, 0) is 6.54 Å². The molecule has 1 aliphatic heterocycles. The van der Waals surface area contributed by atoms with Crippen LogP contribution in [0.4, 0.5) is 0 Å². The lowest BCUT2D eigenvalue weighted by Crippen LogP contribution is -2.08. The van der Waals surface area contributed by atoms with Gasteiger partial charge in [0.2, 0.25) is 6.79 Å². The predicted octanol–water partition coefficient (Wildman–Crippen LogP) is 2.20. The lowest BCUT2D eigenvalue weighted by molar-refractivity contribution is 0.174. The van der Waals surface area contributed by atoms with E-state index in [1.54, 1.807) is 4.68 Å². The summed E-state index contributed by atoms with van der Waals surface area (Å²) in [7, 11) is 0. The van der Waals surface area contributed by atoms with E-state index in [9.17, 15) is 5.26 Å². The maximum atomic E-state index is 9.20. The maximum absolute atomic E-state index is 9.20. The zero-order valence-electron chi connectivity index (χ0n) is 11.3. The number of nitrogens with zero attached hydrogens (tertiary/aromatic N) is 4. The Morgan fingerprint density at radius 2 is 2.15 bits per heavy atom. The molecule has 6 heteroatoms. The summed E-state index contributed by atoms with van der Waals surface area (Å²) in [5, 5.41) is 17.2. The average Bonchev–Trinajstić information content (AvgIpc) is 3.03. The molecule has 0 bridgehead atoms. The van der Waals surface area contributed by atoms with Gasteiger partial charge >= 0.3 is 0 Å². The second kappa shape index (κ2) is 4.85. The number of hydrogen-bond donors (Lipinski definition) is 0. The number of hydrogen-bond acceptors (Lipinski definition) is 5. The van der Waals surface area contributed by atoms with E-state index >= 15 is 0 Å². The second-order valence-electron chi connectivity index (χ2n) is 5.04. The Morgan fingerprint density at radius 3 is 2.90 bits per heavy atom. The van der Waals surface area contributed by atoms with Gasteiger partial charge < -0.3 is 9.47 Å². The van der Waals surface area contributed by atoms with Crippen LogP contribution in [-0.4, -0.2) is 21.8 Å². The number of rotatable bonds is 3. The first kappa shape index (κ1) is 12.5. The quantitative estimate of drug-likeness (QED) is 0.854. The van der Waals surface area contributed by atoms with Crippen LogP contribution in [0.3, 0.4) is 0 Å². The summed E-state index contributed by atoms with van der Waals surface area (Å²) in [6.45, 7) is 5.13. The van der Waals surface area contributed by atoms with Crippen LogP contribution in [0.2, 0.25) is 0 Å². The third kappa shape index (κ3) is 2.07. The third-order valence-corrected chi connectivity index (χ3v) is 3.03. The van der Waals surface area contributed by atoms with Crippen molar-refractivity contribution in [3.8, 4) is 28.8 Å². The summed E-state index contributed by atoms with van der Waals surface area (Å²) in [5.74, 6) is 1.81. The summed E-state index contributed by atoms with van der Waals surface area (Å²) >= 11 is 0. The first-order valence-corrected chi connectivity index (χ1v) is 6.42. The number of aromatic nitrogens is 3. The SMILES string of the molecule is CC(C)Cn1nnc(C#N)c1-c1ccc2c(c1)OCO2. The maximum Gasteiger partial charge on any atom is 0.231 e. The summed E-state index contributed by atoms with van der Waals surface area (Å²) in [6.07, 6.45) is 0. The average molecular weight is 270 g/mol. The molecule has 2 heterocycles. The van der Waals surface area contributed by atoms with E-state index in [0.29, 0.717) is 23.9 Å². The number of ether oxygens (including phenoxy) is 2. The van der Waals surface area contributed by atoms with Crippen LogP contribution < -0.4 is 9.47 Å². The van der Waals surface area contributed by atoms with Crippen molar-refractivity contribution in [1.82, 2.24) is 15.0 Å². The Hall–Kier alpha value is -2.55. The molecule has 0 spiro atoms. The van der Waals surface area contributed by atoms with Crippen molar-refractivity contribution in [2.45, 2.75) is 20.4 Å². The van der Waals surface area contributed by atoms with Gasteiger partial charge in [0.15, 0.2) is 17.2 Å². The van der Waals surface area contributed by atoms with Gasteiger partial charge in [-0.3, -0.25) is 0 Å². The summed E-state index contributed by atoms with van der Waals surface area (Å²) in [4.78, 5) is 0. The fourth-order valence-electron chi connectivity index (χ4n) is 2.19. The van der Waals surface area contributed by atoms with Gasteiger partial charge in [-0.25, -0.2) is 4.68 Å². The fourth-order valence-corrected chi connectivity index (χ4v) is 2.19. The van der Waals surface area contributed by atoms with Crippen molar-refractivity contribution < 1.29 is 9.47 Å². The van der Waals surface area contributed by atoms with E-state index in [0.717, 1.165) is 17.0 Å². The zero-order chi connectivity index (χ0) is 14.1. The molecule has 0 saturated heterocycles. The number of nitriles is 1. The van der Waals surface area contributed by atoms with E-state index in [1.807, 2.05) is 18.2 Å². The zero-order valence-corrected chi connectivity index (χ0v) is 11.3. The lowest BCUT2D eigenvalue weighted by Gasteiger charge is -2.09. The molecule has 20 heavy (non-hydrogen) atoms. The van der Waals surface area contributed by atoms with Gasteiger partial charge in [-0.05, 0) is 24.1 Å². The summed E-state index contributed by atoms with van der Waals surface area (Å²) in [5.41, 5.74) is 1.90. The highest BCUT2D eigenvalue weighted by molar-refractivity contribution is 5.68. The van der Waals surface area contributed by atoms with Crippen molar-refractivity contribution in [2.75, 3.05) is 6.79 Å². The van der Waals surface area contributed by atoms with Gasteiger partial charge in [0.05, 0.1) is 0 Å². The normalized spacial score (nSPS) is 12.7. The van der Waals surface area contributed by atoms with Gasteiger partial charge in [-0.15, -0.1) is 5.10 Å². The van der Waals surface area contributed by atoms with E-state index < -0.39 is 0 Å². The van der Waals surface area contributed by atoms with Crippen molar-refractivity contribution in [3.63, 3.8) is 0 Å². The van der Waals surface area contributed by atoms with Gasteiger partial charge in [0.1, 0.15) is 11.8 Å². The fraction of sp³-hybridized carbons (Fsp3) is 0.357. The molecule has 1 aliphatic rings. The highest BCUT2D eigenvalue weighted by atomic mass is 16.7. The van der Waals surface area contributed by atoms with E-state index in [-0.39, 0.29) is 6.79 Å². The molecule has 0 radical (unpaired) electrons. The van der Waals surface area contributed by atoms with Crippen LogP contribution in [0.1, 0.15) is 19.5 Å². The highest BCUT2D eigenvalue weighted by Crippen LogP contribution is 2.36. The first-order chi connectivity index (χ1) is 9.69. The first-order valence-electron chi connectivity index (χ1n) is 6.42. The molecule has 0 amide bonds. The van der Waals surface area contributed by atoms with Crippen LogP contribution in [0.15, 0.2) is 18.2 Å². The minimum absolute atomic E-state index is 0.230. The molecule has 0 aliphatic carbocycles. The van der Waals surface area contributed by atoms with Crippen LogP contribution >= 0.6 is 0 Å². The smallest absolute Gasteiger partial charge is 0.231 e. The molecule has 0 saturated carbocycles. The van der Waals surface area contributed by atoms with Gasteiger partial charge in [0.25, 0.3) is 0 Å². The van der Waals surface area contributed by atoms with Crippen molar-refractivity contribution in [3.05, 3.63) is 23.9 Å². The summed E-state index contributed by atoms with van der Waals surface area (Å²) < 4.78 is 12.4.